The summed E-state index contributed by atoms with van der Waals surface area (Å²) in [4.78, 5) is 16.2. The first-order chi connectivity index (χ1) is 7.58. The Kier molecular flexibility index (Phi) is 3.21. The lowest BCUT2D eigenvalue weighted by atomic mass is 10.1. The summed E-state index contributed by atoms with van der Waals surface area (Å²) in [5, 5.41) is 0.898. The van der Waals surface area contributed by atoms with Crippen molar-refractivity contribution in [2.24, 2.45) is 0 Å². The summed E-state index contributed by atoms with van der Waals surface area (Å²) in [6.45, 7) is 3.60. The van der Waals surface area contributed by atoms with Crippen LogP contribution < -0.4 is 0 Å². The van der Waals surface area contributed by atoms with E-state index in [0.29, 0.717) is 4.88 Å². The predicted octanol–water partition coefficient (Wildman–Crippen LogP) is 4.08. The second kappa shape index (κ2) is 4.47. The van der Waals surface area contributed by atoms with Crippen LogP contribution in [0.3, 0.4) is 0 Å². The first kappa shape index (κ1) is 11.5. The third-order valence-electron chi connectivity index (χ3n) is 2.27. The number of hydrogen-bond acceptors (Lipinski definition) is 3. The highest BCUT2D eigenvalue weighted by atomic mass is 79.9. The van der Waals surface area contributed by atoms with Gasteiger partial charge in [0.05, 0.1) is 4.88 Å². The molecule has 2 rings (SSSR count). The molecule has 0 aliphatic heterocycles. The molecule has 0 saturated heterocycles. The maximum absolute atomic E-state index is 11.2. The average molecular weight is 296 g/mol. The number of rotatable bonds is 2. The number of benzene rings is 1. The number of Topliss-reactive ketones (excluding diaryl/α,β-unsaturated/α-hetero) is 1. The summed E-state index contributed by atoms with van der Waals surface area (Å²) < 4.78 is 1.05. The lowest BCUT2D eigenvalue weighted by Crippen LogP contribution is -1.83. The number of aromatic nitrogens is 1. The molecule has 82 valence electrons. The van der Waals surface area contributed by atoms with Crippen molar-refractivity contribution in [3.8, 4) is 10.6 Å². The Labute approximate surface area is 106 Å². The van der Waals surface area contributed by atoms with Crippen molar-refractivity contribution in [3.05, 3.63) is 39.3 Å². The number of halogens is 1. The van der Waals surface area contributed by atoms with Gasteiger partial charge in [-0.05, 0) is 24.6 Å². The van der Waals surface area contributed by atoms with Crippen molar-refractivity contribution in [2.45, 2.75) is 13.8 Å². The Morgan fingerprint density at radius 3 is 2.75 bits per heavy atom. The minimum atomic E-state index is 0.0681. The van der Waals surface area contributed by atoms with E-state index in [9.17, 15) is 4.79 Å². The number of nitrogens with zero attached hydrogens (tertiary/aromatic N) is 1. The van der Waals surface area contributed by atoms with Gasteiger partial charge in [0.15, 0.2) is 5.78 Å². The molecule has 4 heteroatoms. The van der Waals surface area contributed by atoms with E-state index in [2.05, 4.69) is 20.9 Å². The van der Waals surface area contributed by atoms with Crippen molar-refractivity contribution >= 4 is 33.0 Å². The van der Waals surface area contributed by atoms with Gasteiger partial charge in [0.2, 0.25) is 0 Å². The van der Waals surface area contributed by atoms with E-state index in [1.807, 2.05) is 25.1 Å². The van der Waals surface area contributed by atoms with E-state index in [0.717, 1.165) is 20.6 Å². The number of carbonyl (C=O) groups is 1. The number of carbonyl (C=O) groups excluding carboxylic acids is 1. The average Bonchev–Trinajstić information content (AvgIpc) is 2.66. The van der Waals surface area contributed by atoms with Crippen molar-refractivity contribution in [3.63, 3.8) is 0 Å². The van der Waals surface area contributed by atoms with Gasteiger partial charge < -0.3 is 0 Å². The molecule has 1 aromatic carbocycles. The summed E-state index contributed by atoms with van der Waals surface area (Å²) in [7, 11) is 0. The molecule has 0 amide bonds. The Morgan fingerprint density at radius 1 is 1.44 bits per heavy atom. The van der Waals surface area contributed by atoms with Crippen molar-refractivity contribution in [1.29, 1.82) is 0 Å². The van der Waals surface area contributed by atoms with Crippen LogP contribution in [0.15, 0.2) is 28.9 Å². The van der Waals surface area contributed by atoms with E-state index in [4.69, 9.17) is 0 Å². The molecule has 1 aromatic heterocycles. The van der Waals surface area contributed by atoms with Crippen LogP contribution in [0.4, 0.5) is 0 Å². The van der Waals surface area contributed by atoms with Crippen LogP contribution >= 0.6 is 27.3 Å². The van der Waals surface area contributed by atoms with Gasteiger partial charge in [0.1, 0.15) is 5.01 Å². The van der Waals surface area contributed by atoms with Gasteiger partial charge in [-0.25, -0.2) is 4.98 Å². The molecule has 0 fully saturated rings. The molecule has 0 aliphatic carbocycles. The Balaban J connectivity index is 2.46. The zero-order chi connectivity index (χ0) is 11.7. The zero-order valence-electron chi connectivity index (χ0n) is 8.95. The van der Waals surface area contributed by atoms with Crippen LogP contribution in [0.2, 0.25) is 0 Å². The topological polar surface area (TPSA) is 30.0 Å². The first-order valence-electron chi connectivity index (χ1n) is 4.81. The molecule has 2 aromatic rings. The van der Waals surface area contributed by atoms with Gasteiger partial charge in [-0.3, -0.25) is 4.79 Å². The molecule has 0 bridgehead atoms. The van der Waals surface area contributed by atoms with E-state index in [1.54, 1.807) is 13.1 Å². The molecule has 0 atom stereocenters. The Bertz CT molecular complexity index is 548. The summed E-state index contributed by atoms with van der Waals surface area (Å²) in [6, 6.07) is 6.05. The third-order valence-corrected chi connectivity index (χ3v) is 3.90. The van der Waals surface area contributed by atoms with E-state index < -0.39 is 0 Å². The van der Waals surface area contributed by atoms with Crippen LogP contribution in [0.1, 0.15) is 22.2 Å². The normalized spacial score (nSPS) is 10.4. The van der Waals surface area contributed by atoms with Crippen LogP contribution in [-0.2, 0) is 0 Å². The van der Waals surface area contributed by atoms with E-state index >= 15 is 0 Å². The number of ketones is 1. The summed E-state index contributed by atoms with van der Waals surface area (Å²) in [5.41, 5.74) is 2.24. The standard InChI is InChI=1S/C12H10BrNOS/c1-7-5-9(13)3-4-10(7)12-14-6-11(16-12)8(2)15/h3-6H,1-2H3. The number of thiazole rings is 1. The molecular formula is C12H10BrNOS. The quantitative estimate of drug-likeness (QED) is 0.781. The molecule has 2 nitrogen and oxygen atoms in total. The summed E-state index contributed by atoms with van der Waals surface area (Å²) in [5.74, 6) is 0.0681. The Hall–Kier alpha value is -1.000. The fourth-order valence-electron chi connectivity index (χ4n) is 1.43. The van der Waals surface area contributed by atoms with Crippen LogP contribution in [0, 0.1) is 6.92 Å². The van der Waals surface area contributed by atoms with Gasteiger partial charge >= 0.3 is 0 Å². The maximum Gasteiger partial charge on any atom is 0.171 e. The van der Waals surface area contributed by atoms with Gasteiger partial charge in [0.25, 0.3) is 0 Å². The van der Waals surface area contributed by atoms with E-state index in [1.165, 1.54) is 11.3 Å². The fraction of sp³-hybridized carbons (Fsp3) is 0.167. The third kappa shape index (κ3) is 2.23. The first-order valence-corrected chi connectivity index (χ1v) is 6.42. The SMILES string of the molecule is CC(=O)c1cnc(-c2ccc(Br)cc2C)s1. The molecule has 1 heterocycles. The van der Waals surface area contributed by atoms with Crippen molar-refractivity contribution in [1.82, 2.24) is 4.98 Å². The maximum atomic E-state index is 11.2. The lowest BCUT2D eigenvalue weighted by molar-refractivity contribution is 0.102. The predicted molar refractivity (Wildman–Crippen MR) is 70.0 cm³/mol. The van der Waals surface area contributed by atoms with Crippen LogP contribution in [0.5, 0.6) is 0 Å². The molecule has 0 spiro atoms. The highest BCUT2D eigenvalue weighted by molar-refractivity contribution is 9.10. The molecule has 0 unspecified atom stereocenters. The molecule has 0 radical (unpaired) electrons. The second-order valence-electron chi connectivity index (χ2n) is 3.55. The minimum absolute atomic E-state index is 0.0681. The molecule has 0 N–H and O–H groups in total. The fourth-order valence-corrected chi connectivity index (χ4v) is 2.81. The molecular weight excluding hydrogens is 286 g/mol. The molecule has 0 saturated carbocycles. The van der Waals surface area contributed by atoms with Crippen molar-refractivity contribution in [2.75, 3.05) is 0 Å². The van der Waals surface area contributed by atoms with Gasteiger partial charge in [0, 0.05) is 23.2 Å². The highest BCUT2D eigenvalue weighted by Gasteiger charge is 2.09. The summed E-state index contributed by atoms with van der Waals surface area (Å²) in [6.07, 6.45) is 1.64. The highest BCUT2D eigenvalue weighted by Crippen LogP contribution is 2.29. The summed E-state index contributed by atoms with van der Waals surface area (Å²) >= 11 is 4.86. The smallest absolute Gasteiger partial charge is 0.171 e. The molecule has 0 aliphatic rings. The second-order valence-corrected chi connectivity index (χ2v) is 5.49. The molecule has 16 heavy (non-hydrogen) atoms. The van der Waals surface area contributed by atoms with E-state index in [-0.39, 0.29) is 5.78 Å². The Morgan fingerprint density at radius 2 is 2.19 bits per heavy atom. The van der Waals surface area contributed by atoms with Crippen molar-refractivity contribution < 1.29 is 4.79 Å². The van der Waals surface area contributed by atoms with Crippen LogP contribution in [-0.4, -0.2) is 10.8 Å². The minimum Gasteiger partial charge on any atom is -0.294 e. The van der Waals surface area contributed by atoms with Gasteiger partial charge in [-0.15, -0.1) is 11.3 Å². The zero-order valence-corrected chi connectivity index (χ0v) is 11.4. The van der Waals surface area contributed by atoms with Gasteiger partial charge in [-0.2, -0.15) is 0 Å². The lowest BCUT2D eigenvalue weighted by Gasteiger charge is -2.01. The largest absolute Gasteiger partial charge is 0.294 e. The monoisotopic (exact) mass is 295 g/mol. The van der Waals surface area contributed by atoms with Crippen LogP contribution in [0.25, 0.3) is 10.6 Å². The number of hydrogen-bond donors (Lipinski definition) is 0. The number of aryl methyl sites for hydroxylation is 1. The van der Waals surface area contributed by atoms with Gasteiger partial charge in [-0.1, -0.05) is 22.0 Å².